The number of nitro benzene ring substituents is 1. The molecule has 9 heteroatoms. The molecule has 1 amide bonds. The number of nitrogens with two attached hydrogens (primary N) is 1. The van der Waals surface area contributed by atoms with Crippen LogP contribution in [0.3, 0.4) is 0 Å². The quantitative estimate of drug-likeness (QED) is 0.538. The first-order chi connectivity index (χ1) is 8.25. The van der Waals surface area contributed by atoms with E-state index in [1.165, 1.54) is 0 Å². The van der Waals surface area contributed by atoms with Crippen molar-refractivity contribution in [1.82, 2.24) is 0 Å². The number of aliphatic hydroxyl groups excluding tert-OH is 2. The molecule has 0 saturated carbocycles. The van der Waals surface area contributed by atoms with Crippen LogP contribution in [0.4, 0.5) is 10.1 Å². The molecule has 1 rings (SSSR count). The molecule has 0 fully saturated rings. The van der Waals surface area contributed by atoms with Crippen molar-refractivity contribution in [2.75, 3.05) is 0 Å². The lowest BCUT2D eigenvalue weighted by Gasteiger charge is -2.16. The number of carbonyl (C=O) groups is 1. The van der Waals surface area contributed by atoms with Gasteiger partial charge in [0.25, 0.3) is 0 Å². The van der Waals surface area contributed by atoms with Crippen molar-refractivity contribution < 1.29 is 24.3 Å². The fourth-order valence-electron chi connectivity index (χ4n) is 1.24. The van der Waals surface area contributed by atoms with Crippen LogP contribution in [0, 0.1) is 15.9 Å². The summed E-state index contributed by atoms with van der Waals surface area (Å²) in [5, 5.41) is 28.8. The molecule has 7 nitrogen and oxygen atoms in total. The third-order valence-corrected chi connectivity index (χ3v) is 2.50. The lowest BCUT2D eigenvalue weighted by atomic mass is 10.0. The van der Waals surface area contributed by atoms with Crippen LogP contribution in [-0.2, 0) is 4.79 Å². The van der Waals surface area contributed by atoms with Crippen LogP contribution < -0.4 is 5.73 Å². The second-order valence-corrected chi connectivity index (χ2v) is 3.78. The first-order valence-electron chi connectivity index (χ1n) is 4.54. The molecule has 0 aliphatic heterocycles. The largest absolute Gasteiger partial charge is 0.385 e. The standard InChI is InChI=1S/C9H8ClFN2O5/c10-4-2-6(13(17)18)5(11)1-3(4)7(14)8(15)9(12)16/h1-2,7-8,14-15H,(H2,12,16). The van der Waals surface area contributed by atoms with Crippen LogP contribution in [0.2, 0.25) is 5.02 Å². The Morgan fingerprint density at radius 1 is 1.50 bits per heavy atom. The summed E-state index contributed by atoms with van der Waals surface area (Å²) in [6.07, 6.45) is -3.87. The van der Waals surface area contributed by atoms with Crippen molar-refractivity contribution >= 4 is 23.2 Å². The minimum atomic E-state index is -2.00. The number of nitrogens with zero attached hydrogens (tertiary/aromatic N) is 1. The number of aliphatic hydroxyl groups is 2. The highest BCUT2D eigenvalue weighted by molar-refractivity contribution is 6.31. The predicted octanol–water partition coefficient (Wildman–Crippen LogP) is 0.267. The van der Waals surface area contributed by atoms with E-state index in [1.807, 2.05) is 0 Å². The van der Waals surface area contributed by atoms with Gasteiger partial charge >= 0.3 is 5.69 Å². The van der Waals surface area contributed by atoms with Crippen molar-refractivity contribution in [2.24, 2.45) is 5.73 Å². The van der Waals surface area contributed by atoms with Crippen molar-refractivity contribution in [3.8, 4) is 0 Å². The van der Waals surface area contributed by atoms with E-state index in [0.717, 1.165) is 0 Å². The monoisotopic (exact) mass is 278 g/mol. The molecule has 1 aromatic carbocycles. The second-order valence-electron chi connectivity index (χ2n) is 3.37. The maximum Gasteiger partial charge on any atom is 0.306 e. The van der Waals surface area contributed by atoms with Crippen molar-refractivity contribution in [3.63, 3.8) is 0 Å². The number of primary amides is 1. The van der Waals surface area contributed by atoms with E-state index in [-0.39, 0.29) is 10.6 Å². The number of hydrogen-bond donors (Lipinski definition) is 3. The molecule has 0 heterocycles. The van der Waals surface area contributed by atoms with Crippen LogP contribution >= 0.6 is 11.6 Å². The Balaban J connectivity index is 3.23. The van der Waals surface area contributed by atoms with Gasteiger partial charge in [-0.3, -0.25) is 14.9 Å². The molecule has 0 radical (unpaired) electrons. The maximum atomic E-state index is 13.3. The third-order valence-electron chi connectivity index (χ3n) is 2.17. The number of hydrogen-bond acceptors (Lipinski definition) is 5. The lowest BCUT2D eigenvalue weighted by Crippen LogP contribution is -2.34. The van der Waals surface area contributed by atoms with Crippen LogP contribution in [0.15, 0.2) is 12.1 Å². The van der Waals surface area contributed by atoms with Gasteiger partial charge in [0.15, 0.2) is 6.10 Å². The summed E-state index contributed by atoms with van der Waals surface area (Å²) in [6.45, 7) is 0. The Kier molecular flexibility index (Phi) is 4.17. The molecule has 0 aromatic heterocycles. The molecule has 0 aliphatic rings. The van der Waals surface area contributed by atoms with Gasteiger partial charge in [-0.25, -0.2) is 0 Å². The highest BCUT2D eigenvalue weighted by Gasteiger charge is 2.28. The second kappa shape index (κ2) is 5.25. The van der Waals surface area contributed by atoms with E-state index in [0.29, 0.717) is 12.1 Å². The Hall–Kier alpha value is -1.77. The fraction of sp³-hybridized carbons (Fsp3) is 0.222. The van der Waals surface area contributed by atoms with E-state index in [4.69, 9.17) is 17.3 Å². The van der Waals surface area contributed by atoms with Crippen LogP contribution in [0.1, 0.15) is 11.7 Å². The summed E-state index contributed by atoms with van der Waals surface area (Å²) in [6, 6.07) is 1.24. The van der Waals surface area contributed by atoms with Crippen LogP contribution in [-0.4, -0.2) is 27.1 Å². The molecule has 2 unspecified atom stereocenters. The summed E-state index contributed by atoms with van der Waals surface area (Å²) < 4.78 is 13.3. The van der Waals surface area contributed by atoms with Gasteiger partial charge in [0.05, 0.1) is 9.95 Å². The molecule has 98 valence electrons. The molecule has 0 spiro atoms. The zero-order valence-corrected chi connectivity index (χ0v) is 9.46. The fourth-order valence-corrected chi connectivity index (χ4v) is 1.51. The van der Waals surface area contributed by atoms with Gasteiger partial charge in [-0.15, -0.1) is 0 Å². The smallest absolute Gasteiger partial charge is 0.306 e. The summed E-state index contributed by atoms with van der Waals surface area (Å²) in [5.74, 6) is -2.49. The van der Waals surface area contributed by atoms with E-state index >= 15 is 0 Å². The molecule has 0 saturated heterocycles. The van der Waals surface area contributed by atoms with Gasteiger partial charge in [-0.2, -0.15) is 4.39 Å². The summed E-state index contributed by atoms with van der Waals surface area (Å²) in [5.41, 5.74) is 3.49. The van der Waals surface area contributed by atoms with Gasteiger partial charge in [0.2, 0.25) is 11.7 Å². The minimum Gasteiger partial charge on any atom is -0.385 e. The molecule has 18 heavy (non-hydrogen) atoms. The van der Waals surface area contributed by atoms with E-state index in [1.54, 1.807) is 0 Å². The molecule has 0 bridgehead atoms. The van der Waals surface area contributed by atoms with E-state index in [9.17, 15) is 29.5 Å². The minimum absolute atomic E-state index is 0.365. The van der Waals surface area contributed by atoms with Crippen LogP contribution in [0.5, 0.6) is 0 Å². The highest BCUT2D eigenvalue weighted by atomic mass is 35.5. The number of halogens is 2. The normalized spacial score (nSPS) is 14.0. The zero-order chi connectivity index (χ0) is 14.0. The Morgan fingerprint density at radius 3 is 2.50 bits per heavy atom. The molecule has 2 atom stereocenters. The van der Waals surface area contributed by atoms with Gasteiger partial charge in [0, 0.05) is 11.6 Å². The van der Waals surface area contributed by atoms with Crippen molar-refractivity contribution in [1.29, 1.82) is 0 Å². The highest BCUT2D eigenvalue weighted by Crippen LogP contribution is 2.31. The molecule has 4 N–H and O–H groups in total. The van der Waals surface area contributed by atoms with Crippen molar-refractivity contribution in [2.45, 2.75) is 12.2 Å². The Bertz CT molecular complexity index is 510. The SMILES string of the molecule is NC(=O)C(O)C(O)c1cc(F)c([N+](=O)[O-])cc1Cl. The molecule has 0 aliphatic carbocycles. The van der Waals surface area contributed by atoms with Gasteiger partial charge in [-0.05, 0) is 6.07 Å². The Morgan fingerprint density at radius 2 is 2.06 bits per heavy atom. The first-order valence-corrected chi connectivity index (χ1v) is 4.92. The first kappa shape index (κ1) is 14.3. The maximum absolute atomic E-state index is 13.3. The van der Waals surface area contributed by atoms with Gasteiger partial charge in [-0.1, -0.05) is 11.6 Å². The lowest BCUT2D eigenvalue weighted by molar-refractivity contribution is -0.387. The number of carbonyl (C=O) groups excluding carboxylic acids is 1. The summed E-state index contributed by atoms with van der Waals surface area (Å²) >= 11 is 5.59. The van der Waals surface area contributed by atoms with E-state index in [2.05, 4.69) is 0 Å². The number of benzene rings is 1. The predicted molar refractivity (Wildman–Crippen MR) is 58.2 cm³/mol. The average molecular weight is 279 g/mol. The number of nitro groups is 1. The third kappa shape index (κ3) is 2.73. The molecular weight excluding hydrogens is 271 g/mol. The topological polar surface area (TPSA) is 127 Å². The molecule has 1 aromatic rings. The van der Waals surface area contributed by atoms with Crippen molar-refractivity contribution in [3.05, 3.63) is 38.7 Å². The molecular formula is C9H8ClFN2O5. The van der Waals surface area contributed by atoms with Gasteiger partial charge in [0.1, 0.15) is 6.10 Å². The number of rotatable bonds is 4. The average Bonchev–Trinajstić information content (AvgIpc) is 2.29. The van der Waals surface area contributed by atoms with Crippen LogP contribution in [0.25, 0.3) is 0 Å². The number of amides is 1. The summed E-state index contributed by atoms with van der Waals surface area (Å²) in [4.78, 5) is 20.1. The van der Waals surface area contributed by atoms with Gasteiger partial charge < -0.3 is 15.9 Å². The zero-order valence-electron chi connectivity index (χ0n) is 8.71. The van der Waals surface area contributed by atoms with E-state index < -0.39 is 34.5 Å². The summed E-state index contributed by atoms with van der Waals surface area (Å²) in [7, 11) is 0. The Labute approximate surface area is 105 Å².